The Balaban J connectivity index is 1.69. The smallest absolute Gasteiger partial charge is 0.164 e. The number of aryl methyl sites for hydroxylation is 3. The molecule has 0 amide bonds. The fraction of sp³-hybridized carbons (Fsp3) is 0.133. The quantitative estimate of drug-likeness (QED) is 0.276. The monoisotopic (exact) mass is 459 g/mol. The van der Waals surface area contributed by atoms with Gasteiger partial charge in [0, 0.05) is 16.2 Å². The minimum Gasteiger partial charge on any atom is -0.227 e. The molecule has 0 bridgehead atoms. The highest BCUT2D eigenvalue weighted by Crippen LogP contribution is 2.48. The molecule has 0 radical (unpaired) electrons. The molecule has 6 rings (SSSR count). The van der Waals surface area contributed by atoms with Crippen molar-refractivity contribution >= 4 is 33.8 Å². The van der Waals surface area contributed by atoms with Gasteiger partial charge in [-0.25, -0.2) is 9.67 Å². The van der Waals surface area contributed by atoms with Crippen molar-refractivity contribution in [1.29, 1.82) is 0 Å². The van der Waals surface area contributed by atoms with E-state index in [9.17, 15) is 0 Å². The summed E-state index contributed by atoms with van der Waals surface area (Å²) in [6.45, 7) is 6.46. The number of rotatable bonds is 3. The van der Waals surface area contributed by atoms with E-state index >= 15 is 0 Å². The fourth-order valence-corrected chi connectivity index (χ4v) is 5.91. The summed E-state index contributed by atoms with van der Waals surface area (Å²) in [6.07, 6.45) is 2.29. The standard InChI is InChI=1S/C30H25N3S/c1-19-11-7-9-13-22(19)17-26-29-25(18-34-26)28(24-16-10-8-12-20(24)2)27-21(3)32-33(30(27)31-29)23-14-5-4-6-15-23/h4-17H,18H2,1-3H3/b26-17-. The van der Waals surface area contributed by atoms with Gasteiger partial charge in [0.25, 0.3) is 0 Å². The zero-order chi connectivity index (χ0) is 23.2. The first-order valence-corrected chi connectivity index (χ1v) is 12.5. The Hall–Kier alpha value is -3.63. The Morgan fingerprint density at radius 3 is 2.29 bits per heavy atom. The van der Waals surface area contributed by atoms with Crippen molar-refractivity contribution in [2.24, 2.45) is 0 Å². The van der Waals surface area contributed by atoms with Gasteiger partial charge in [0.15, 0.2) is 5.65 Å². The molecule has 0 saturated carbocycles. The molecule has 0 N–H and O–H groups in total. The van der Waals surface area contributed by atoms with Crippen molar-refractivity contribution in [2.75, 3.05) is 0 Å². The molecule has 0 atom stereocenters. The van der Waals surface area contributed by atoms with Gasteiger partial charge in [0.05, 0.1) is 22.5 Å². The molecule has 2 aromatic heterocycles. The third-order valence-corrected chi connectivity index (χ3v) is 7.64. The Morgan fingerprint density at radius 2 is 1.53 bits per heavy atom. The van der Waals surface area contributed by atoms with Crippen LogP contribution < -0.4 is 0 Å². The number of benzene rings is 3. The highest BCUT2D eigenvalue weighted by atomic mass is 32.2. The average molecular weight is 460 g/mol. The second-order valence-corrected chi connectivity index (χ2v) is 9.83. The molecule has 5 aromatic rings. The van der Waals surface area contributed by atoms with E-state index in [0.29, 0.717) is 0 Å². The topological polar surface area (TPSA) is 30.7 Å². The van der Waals surface area contributed by atoms with Crippen LogP contribution in [0, 0.1) is 20.8 Å². The van der Waals surface area contributed by atoms with E-state index in [2.05, 4.69) is 87.5 Å². The maximum Gasteiger partial charge on any atom is 0.164 e. The van der Waals surface area contributed by atoms with Gasteiger partial charge in [-0.1, -0.05) is 66.7 Å². The largest absolute Gasteiger partial charge is 0.227 e. The molecule has 0 unspecified atom stereocenters. The lowest BCUT2D eigenvalue weighted by atomic mass is 9.92. The van der Waals surface area contributed by atoms with Gasteiger partial charge in [0.2, 0.25) is 0 Å². The number of para-hydroxylation sites is 1. The van der Waals surface area contributed by atoms with Crippen molar-refractivity contribution in [3.8, 4) is 16.8 Å². The first-order valence-electron chi connectivity index (χ1n) is 11.6. The van der Waals surface area contributed by atoms with E-state index in [1.165, 1.54) is 38.3 Å². The molecule has 166 valence electrons. The predicted octanol–water partition coefficient (Wildman–Crippen LogP) is 7.76. The van der Waals surface area contributed by atoms with Gasteiger partial charge in [-0.15, -0.1) is 11.8 Å². The van der Waals surface area contributed by atoms with E-state index in [0.717, 1.165) is 33.9 Å². The molecule has 3 nitrogen and oxygen atoms in total. The summed E-state index contributed by atoms with van der Waals surface area (Å²) in [6, 6.07) is 27.5. The highest BCUT2D eigenvalue weighted by Gasteiger charge is 2.28. The van der Waals surface area contributed by atoms with Gasteiger partial charge < -0.3 is 0 Å². The highest BCUT2D eigenvalue weighted by molar-refractivity contribution is 8.08. The molecule has 0 fully saturated rings. The number of hydrogen-bond donors (Lipinski definition) is 0. The van der Waals surface area contributed by atoms with E-state index in [1.54, 1.807) is 0 Å². The van der Waals surface area contributed by atoms with E-state index < -0.39 is 0 Å². The SMILES string of the molecule is Cc1ccccc1/C=C1\SCc2c1nc1c(c(C)nn1-c1ccccc1)c2-c1ccccc1C. The first kappa shape index (κ1) is 20.9. The van der Waals surface area contributed by atoms with Gasteiger partial charge >= 0.3 is 0 Å². The summed E-state index contributed by atoms with van der Waals surface area (Å²) < 4.78 is 2.00. The number of aromatic nitrogens is 3. The lowest BCUT2D eigenvalue weighted by Gasteiger charge is -2.14. The third-order valence-electron chi connectivity index (χ3n) is 6.59. The predicted molar refractivity (Wildman–Crippen MR) is 144 cm³/mol. The zero-order valence-electron chi connectivity index (χ0n) is 19.5. The van der Waals surface area contributed by atoms with Crippen molar-refractivity contribution in [1.82, 2.24) is 14.8 Å². The number of nitrogens with zero attached hydrogens (tertiary/aromatic N) is 3. The number of pyridine rings is 1. The van der Waals surface area contributed by atoms with Crippen LogP contribution in [0.4, 0.5) is 0 Å². The first-order chi connectivity index (χ1) is 16.6. The molecule has 3 heterocycles. The third kappa shape index (κ3) is 3.37. The van der Waals surface area contributed by atoms with Crippen LogP contribution in [0.15, 0.2) is 78.9 Å². The molecule has 0 saturated heterocycles. The van der Waals surface area contributed by atoms with E-state index in [1.807, 2.05) is 34.6 Å². The summed E-state index contributed by atoms with van der Waals surface area (Å²) in [4.78, 5) is 6.51. The van der Waals surface area contributed by atoms with Gasteiger partial charge in [-0.3, -0.25) is 0 Å². The van der Waals surface area contributed by atoms with Crippen LogP contribution in [0.1, 0.15) is 33.6 Å². The number of hydrogen-bond acceptors (Lipinski definition) is 3. The summed E-state index contributed by atoms with van der Waals surface area (Å²) in [5, 5.41) is 6.12. The van der Waals surface area contributed by atoms with Gasteiger partial charge in [0.1, 0.15) is 0 Å². The maximum absolute atomic E-state index is 5.29. The van der Waals surface area contributed by atoms with Crippen LogP contribution in [0.25, 0.3) is 38.8 Å². The van der Waals surface area contributed by atoms with Crippen LogP contribution >= 0.6 is 11.8 Å². The molecule has 3 aromatic carbocycles. The second-order valence-electron chi connectivity index (χ2n) is 8.81. The summed E-state index contributed by atoms with van der Waals surface area (Å²) >= 11 is 1.88. The van der Waals surface area contributed by atoms with Crippen molar-refractivity contribution in [3.63, 3.8) is 0 Å². The zero-order valence-corrected chi connectivity index (χ0v) is 20.4. The van der Waals surface area contributed by atoms with Crippen molar-refractivity contribution in [3.05, 3.63) is 113 Å². The Morgan fingerprint density at radius 1 is 0.824 bits per heavy atom. The van der Waals surface area contributed by atoms with E-state index in [4.69, 9.17) is 10.1 Å². The molecular formula is C30H25N3S. The second kappa shape index (κ2) is 8.30. The van der Waals surface area contributed by atoms with Gasteiger partial charge in [-0.05, 0) is 66.8 Å². The lowest BCUT2D eigenvalue weighted by molar-refractivity contribution is 0.877. The van der Waals surface area contributed by atoms with Crippen LogP contribution in [-0.2, 0) is 5.75 Å². The molecule has 34 heavy (non-hydrogen) atoms. The number of fused-ring (bicyclic) bond motifs is 2. The minimum absolute atomic E-state index is 0.912. The average Bonchev–Trinajstić information content (AvgIpc) is 3.41. The van der Waals surface area contributed by atoms with Crippen LogP contribution in [-0.4, -0.2) is 14.8 Å². The summed E-state index contributed by atoms with van der Waals surface area (Å²) in [7, 11) is 0. The molecular weight excluding hydrogens is 434 g/mol. The molecule has 1 aliphatic heterocycles. The van der Waals surface area contributed by atoms with Crippen LogP contribution in [0.3, 0.4) is 0 Å². The summed E-state index contributed by atoms with van der Waals surface area (Å²) in [5.41, 5.74) is 11.7. The van der Waals surface area contributed by atoms with Crippen molar-refractivity contribution < 1.29 is 0 Å². The Bertz CT molecular complexity index is 1580. The molecule has 0 aliphatic carbocycles. The normalized spacial score (nSPS) is 14.1. The molecule has 0 spiro atoms. The summed E-state index contributed by atoms with van der Waals surface area (Å²) in [5.74, 6) is 0.912. The number of thioether (sulfide) groups is 1. The van der Waals surface area contributed by atoms with E-state index in [-0.39, 0.29) is 0 Å². The molecule has 4 heteroatoms. The van der Waals surface area contributed by atoms with Crippen LogP contribution in [0.5, 0.6) is 0 Å². The fourth-order valence-electron chi connectivity index (χ4n) is 4.82. The van der Waals surface area contributed by atoms with Gasteiger partial charge in [-0.2, -0.15) is 5.10 Å². The molecule has 1 aliphatic rings. The minimum atomic E-state index is 0.912. The Kier molecular flexibility index (Phi) is 5.11. The van der Waals surface area contributed by atoms with Crippen molar-refractivity contribution in [2.45, 2.75) is 26.5 Å². The Labute approximate surface area is 204 Å². The lowest BCUT2D eigenvalue weighted by Crippen LogP contribution is -2.01. The van der Waals surface area contributed by atoms with Crippen LogP contribution in [0.2, 0.25) is 0 Å². The maximum atomic E-state index is 5.29.